The summed E-state index contributed by atoms with van der Waals surface area (Å²) in [6.07, 6.45) is 0. The van der Waals surface area contributed by atoms with E-state index < -0.39 is 0 Å². The lowest BCUT2D eigenvalue weighted by molar-refractivity contribution is 0.102. The van der Waals surface area contributed by atoms with Crippen LogP contribution in [0.2, 0.25) is 0 Å². The average Bonchev–Trinajstić information content (AvgIpc) is 2.82. The van der Waals surface area contributed by atoms with Crippen molar-refractivity contribution in [3.8, 4) is 5.69 Å². The zero-order valence-electron chi connectivity index (χ0n) is 17.9. The molecule has 0 fully saturated rings. The topological polar surface area (TPSA) is 67.2 Å². The maximum Gasteiger partial charge on any atom is 0.267 e. The number of nitrogens with one attached hydrogen (secondary N) is 1. The second kappa shape index (κ2) is 9.01. The molecule has 1 heterocycles. The van der Waals surface area contributed by atoms with Gasteiger partial charge in [-0.2, -0.15) is 0 Å². The lowest BCUT2D eigenvalue weighted by Crippen LogP contribution is -2.32. The summed E-state index contributed by atoms with van der Waals surface area (Å²) < 4.78 is 14.7. The molecule has 3 aromatic carbocycles. The van der Waals surface area contributed by atoms with E-state index in [2.05, 4.69) is 5.32 Å². The van der Waals surface area contributed by atoms with E-state index in [9.17, 15) is 14.0 Å². The number of halogens is 1. The van der Waals surface area contributed by atoms with E-state index in [1.807, 2.05) is 49.1 Å². The summed E-state index contributed by atoms with van der Waals surface area (Å²) in [5, 5.41) is 3.15. The molecular weight excluding hydrogens is 407 g/mol. The van der Waals surface area contributed by atoms with Gasteiger partial charge in [-0.15, -0.1) is 0 Å². The van der Waals surface area contributed by atoms with Crippen molar-refractivity contribution in [2.75, 3.05) is 23.3 Å². The summed E-state index contributed by atoms with van der Waals surface area (Å²) in [4.78, 5) is 32.9. The number of rotatable bonds is 6. The van der Waals surface area contributed by atoms with Crippen molar-refractivity contribution >= 4 is 28.4 Å². The number of aromatic nitrogens is 2. The van der Waals surface area contributed by atoms with Crippen LogP contribution in [0.25, 0.3) is 16.6 Å². The second-order valence-corrected chi connectivity index (χ2v) is 7.25. The molecule has 7 heteroatoms. The fourth-order valence-electron chi connectivity index (χ4n) is 3.58. The molecule has 0 unspecified atom stereocenters. The highest BCUT2D eigenvalue weighted by molar-refractivity contribution is 6.06. The first-order valence-electron chi connectivity index (χ1n) is 10.5. The Morgan fingerprint density at radius 1 is 1.00 bits per heavy atom. The highest BCUT2D eigenvalue weighted by atomic mass is 19.1. The van der Waals surface area contributed by atoms with Crippen molar-refractivity contribution in [2.24, 2.45) is 0 Å². The molecule has 0 aliphatic rings. The summed E-state index contributed by atoms with van der Waals surface area (Å²) in [6, 6.07) is 19.7. The third-order valence-electron chi connectivity index (χ3n) is 5.28. The molecule has 1 aromatic heterocycles. The van der Waals surface area contributed by atoms with Gasteiger partial charge in [0.15, 0.2) is 0 Å². The van der Waals surface area contributed by atoms with E-state index in [1.165, 1.54) is 24.3 Å². The third-order valence-corrected chi connectivity index (χ3v) is 5.28. The molecule has 162 valence electrons. The number of nitrogens with zero attached hydrogens (tertiary/aromatic N) is 3. The van der Waals surface area contributed by atoms with E-state index in [1.54, 1.807) is 22.8 Å². The Bertz CT molecular complexity index is 1310. The number of carbonyl (C=O) groups excluding carboxylic acids is 1. The molecule has 0 aliphatic heterocycles. The number of hydrogen-bond donors (Lipinski definition) is 1. The van der Waals surface area contributed by atoms with E-state index in [0.29, 0.717) is 41.2 Å². The van der Waals surface area contributed by atoms with Gasteiger partial charge in [0.05, 0.1) is 16.6 Å². The zero-order valence-corrected chi connectivity index (χ0v) is 17.9. The van der Waals surface area contributed by atoms with Crippen LogP contribution in [0, 0.1) is 5.82 Å². The lowest BCUT2D eigenvalue weighted by atomic mass is 10.1. The molecule has 0 saturated heterocycles. The van der Waals surface area contributed by atoms with Gasteiger partial charge in [-0.05, 0) is 68.4 Å². The maximum atomic E-state index is 13.5. The standard InChI is InChI=1S/C25H23FN4O2/c1-3-29(4-2)25-28-22-16-17(23(31)27-19-13-11-18(26)12-14-19)10-15-21(22)24(32)30(25)20-8-6-5-7-9-20/h5-16H,3-4H2,1-2H3,(H,27,31). The maximum absolute atomic E-state index is 13.5. The molecule has 0 atom stereocenters. The van der Waals surface area contributed by atoms with Crippen molar-refractivity contribution in [2.45, 2.75) is 13.8 Å². The van der Waals surface area contributed by atoms with Crippen molar-refractivity contribution in [3.05, 3.63) is 94.5 Å². The lowest BCUT2D eigenvalue weighted by Gasteiger charge is -2.24. The molecule has 0 aliphatic carbocycles. The minimum absolute atomic E-state index is 0.200. The molecule has 0 spiro atoms. The monoisotopic (exact) mass is 430 g/mol. The van der Waals surface area contributed by atoms with Crippen LogP contribution in [0.15, 0.2) is 77.6 Å². The number of hydrogen-bond acceptors (Lipinski definition) is 4. The minimum Gasteiger partial charge on any atom is -0.342 e. The van der Waals surface area contributed by atoms with E-state index >= 15 is 0 Å². The first-order chi connectivity index (χ1) is 15.5. The van der Waals surface area contributed by atoms with Gasteiger partial charge in [0, 0.05) is 24.3 Å². The van der Waals surface area contributed by atoms with E-state index in [0.717, 1.165) is 5.69 Å². The largest absolute Gasteiger partial charge is 0.342 e. The Balaban J connectivity index is 1.82. The molecular formula is C25H23FN4O2. The normalized spacial score (nSPS) is 10.8. The number of anilines is 2. The van der Waals surface area contributed by atoms with E-state index in [4.69, 9.17) is 4.98 Å². The average molecular weight is 430 g/mol. The zero-order chi connectivity index (χ0) is 22.7. The van der Waals surface area contributed by atoms with Gasteiger partial charge in [0.1, 0.15) is 5.82 Å². The van der Waals surface area contributed by atoms with Gasteiger partial charge < -0.3 is 10.2 Å². The summed E-state index contributed by atoms with van der Waals surface area (Å²) in [5.74, 6) is -0.219. The molecule has 4 rings (SSSR count). The summed E-state index contributed by atoms with van der Waals surface area (Å²) in [7, 11) is 0. The molecule has 32 heavy (non-hydrogen) atoms. The Kier molecular flexibility index (Phi) is 5.98. The highest BCUT2D eigenvalue weighted by Gasteiger charge is 2.18. The second-order valence-electron chi connectivity index (χ2n) is 7.25. The molecule has 6 nitrogen and oxygen atoms in total. The SMILES string of the molecule is CCN(CC)c1nc2cc(C(=O)Nc3ccc(F)cc3)ccc2c(=O)n1-c1ccccc1. The van der Waals surface area contributed by atoms with Gasteiger partial charge in [-0.25, -0.2) is 13.9 Å². The van der Waals surface area contributed by atoms with Crippen molar-refractivity contribution in [1.82, 2.24) is 9.55 Å². The predicted octanol–water partition coefficient (Wildman–Crippen LogP) is 4.62. The van der Waals surface area contributed by atoms with Gasteiger partial charge in [0.25, 0.3) is 11.5 Å². The van der Waals surface area contributed by atoms with Gasteiger partial charge in [-0.1, -0.05) is 18.2 Å². The van der Waals surface area contributed by atoms with Crippen LogP contribution >= 0.6 is 0 Å². The number of carbonyl (C=O) groups is 1. The van der Waals surface area contributed by atoms with Crippen LogP contribution in [-0.4, -0.2) is 28.5 Å². The van der Waals surface area contributed by atoms with Crippen LogP contribution in [0.4, 0.5) is 16.0 Å². The summed E-state index contributed by atoms with van der Waals surface area (Å²) >= 11 is 0. The minimum atomic E-state index is -0.378. The molecule has 4 aromatic rings. The molecule has 1 amide bonds. The Labute approximate surface area is 184 Å². The first kappa shape index (κ1) is 21.2. The fraction of sp³-hybridized carbons (Fsp3) is 0.160. The Hall–Kier alpha value is -4.00. The number of amides is 1. The fourth-order valence-corrected chi connectivity index (χ4v) is 3.58. The van der Waals surface area contributed by atoms with Gasteiger partial charge >= 0.3 is 0 Å². The van der Waals surface area contributed by atoms with Crippen molar-refractivity contribution in [3.63, 3.8) is 0 Å². The van der Waals surface area contributed by atoms with Crippen molar-refractivity contribution in [1.29, 1.82) is 0 Å². The molecule has 0 radical (unpaired) electrons. The number of fused-ring (bicyclic) bond motifs is 1. The van der Waals surface area contributed by atoms with E-state index in [-0.39, 0.29) is 17.3 Å². The van der Waals surface area contributed by atoms with Crippen LogP contribution in [0.1, 0.15) is 24.2 Å². The molecule has 1 N–H and O–H groups in total. The quantitative estimate of drug-likeness (QED) is 0.485. The van der Waals surface area contributed by atoms with Gasteiger partial charge in [-0.3, -0.25) is 9.59 Å². The highest BCUT2D eigenvalue weighted by Crippen LogP contribution is 2.21. The van der Waals surface area contributed by atoms with Crippen LogP contribution in [0.3, 0.4) is 0 Å². The molecule has 0 bridgehead atoms. The Morgan fingerprint density at radius 3 is 2.34 bits per heavy atom. The first-order valence-corrected chi connectivity index (χ1v) is 10.5. The van der Waals surface area contributed by atoms with Crippen LogP contribution in [0.5, 0.6) is 0 Å². The van der Waals surface area contributed by atoms with Crippen LogP contribution in [-0.2, 0) is 0 Å². The summed E-state index contributed by atoms with van der Waals surface area (Å²) in [6.45, 7) is 5.35. The Morgan fingerprint density at radius 2 is 1.69 bits per heavy atom. The number of para-hydroxylation sites is 1. The smallest absolute Gasteiger partial charge is 0.267 e. The van der Waals surface area contributed by atoms with Gasteiger partial charge in [0.2, 0.25) is 5.95 Å². The molecule has 0 saturated carbocycles. The number of benzene rings is 3. The summed E-state index contributed by atoms with van der Waals surface area (Å²) in [5.41, 5.74) is 1.81. The van der Waals surface area contributed by atoms with Crippen molar-refractivity contribution < 1.29 is 9.18 Å². The third kappa shape index (κ3) is 4.09. The predicted molar refractivity (Wildman–Crippen MR) is 125 cm³/mol. The van der Waals surface area contributed by atoms with Crippen LogP contribution < -0.4 is 15.8 Å².